The largest absolute Gasteiger partial charge is 0.474 e. The monoisotopic (exact) mass is 442 g/mol. The minimum atomic E-state index is -2.71. The number of ether oxygens (including phenoxy) is 1. The van der Waals surface area contributed by atoms with Crippen LogP contribution in [0.3, 0.4) is 0 Å². The van der Waals surface area contributed by atoms with Crippen LogP contribution < -0.4 is 10.1 Å². The van der Waals surface area contributed by atoms with Crippen LogP contribution in [0.25, 0.3) is 0 Å². The van der Waals surface area contributed by atoms with Gasteiger partial charge in [0.25, 0.3) is 5.92 Å². The number of pyridine rings is 2. The zero-order valence-electron chi connectivity index (χ0n) is 17.5. The van der Waals surface area contributed by atoms with E-state index < -0.39 is 18.0 Å². The van der Waals surface area contributed by atoms with Gasteiger partial charge in [-0.25, -0.2) is 13.8 Å². The van der Waals surface area contributed by atoms with Gasteiger partial charge in [0.05, 0.1) is 17.3 Å². The van der Waals surface area contributed by atoms with Crippen LogP contribution in [0.2, 0.25) is 0 Å². The normalized spacial score (nSPS) is 17.6. The lowest BCUT2D eigenvalue weighted by molar-refractivity contribution is -0.135. The van der Waals surface area contributed by atoms with E-state index in [2.05, 4.69) is 21.4 Å². The highest BCUT2D eigenvalue weighted by Crippen LogP contribution is 2.39. The third-order valence-corrected chi connectivity index (χ3v) is 5.73. The molecule has 7 nitrogen and oxygen atoms in total. The molecule has 1 N–H and O–H groups in total. The minimum Gasteiger partial charge on any atom is -0.474 e. The van der Waals surface area contributed by atoms with Crippen LogP contribution in [0.5, 0.6) is 5.88 Å². The summed E-state index contributed by atoms with van der Waals surface area (Å²) in [6, 6.07) is 7.27. The van der Waals surface area contributed by atoms with E-state index in [-0.39, 0.29) is 31.8 Å². The maximum atomic E-state index is 14.6. The lowest BCUT2D eigenvalue weighted by Crippen LogP contribution is -2.43. The van der Waals surface area contributed by atoms with Crippen molar-refractivity contribution in [2.75, 3.05) is 18.4 Å². The molecule has 0 saturated heterocycles. The molecule has 0 unspecified atom stereocenters. The van der Waals surface area contributed by atoms with Crippen molar-refractivity contribution in [2.45, 2.75) is 51.3 Å². The van der Waals surface area contributed by atoms with Gasteiger partial charge in [-0.15, -0.1) is 0 Å². The molecule has 1 aliphatic heterocycles. The zero-order chi connectivity index (χ0) is 22.9. The fourth-order valence-corrected chi connectivity index (χ4v) is 4.11. The molecule has 2 aromatic rings. The SMILES string of the molecule is Cc1nc(NCC#N)c2c(c1C#N)CCN(Cc1ccc(OC3CC(F)(F)C3)nc1F)C2. The molecule has 0 aromatic carbocycles. The molecule has 1 aliphatic carbocycles. The van der Waals surface area contributed by atoms with Crippen molar-refractivity contribution < 1.29 is 17.9 Å². The van der Waals surface area contributed by atoms with Crippen LogP contribution in [0.1, 0.15) is 40.8 Å². The summed E-state index contributed by atoms with van der Waals surface area (Å²) < 4.78 is 45.8. The third-order valence-electron chi connectivity index (χ3n) is 5.73. The summed E-state index contributed by atoms with van der Waals surface area (Å²) in [4.78, 5) is 10.2. The average molecular weight is 442 g/mol. The van der Waals surface area contributed by atoms with Gasteiger partial charge in [0.2, 0.25) is 11.8 Å². The molecule has 0 bridgehead atoms. The molecule has 4 rings (SSSR count). The molecular formula is C22H21F3N6O. The Morgan fingerprint density at radius 1 is 1.25 bits per heavy atom. The summed E-state index contributed by atoms with van der Waals surface area (Å²) >= 11 is 0. The number of halogens is 3. The topological polar surface area (TPSA) is 97.9 Å². The predicted octanol–water partition coefficient (Wildman–Crippen LogP) is 3.47. The molecule has 0 atom stereocenters. The van der Waals surface area contributed by atoms with Crippen LogP contribution in [-0.4, -0.2) is 40.0 Å². The van der Waals surface area contributed by atoms with E-state index in [1.165, 1.54) is 6.07 Å². The first-order chi connectivity index (χ1) is 15.3. The Bertz CT molecular complexity index is 1120. The number of anilines is 1. The van der Waals surface area contributed by atoms with Gasteiger partial charge in [-0.1, -0.05) is 0 Å². The first-order valence-electron chi connectivity index (χ1n) is 10.2. The van der Waals surface area contributed by atoms with Gasteiger partial charge in [-0.3, -0.25) is 4.90 Å². The average Bonchev–Trinajstić information content (AvgIpc) is 2.73. The Hall–Kier alpha value is -3.37. The van der Waals surface area contributed by atoms with Gasteiger partial charge < -0.3 is 10.1 Å². The number of rotatable bonds is 6. The summed E-state index contributed by atoms with van der Waals surface area (Å²) in [5.41, 5.74) is 3.23. The number of nitriles is 2. The van der Waals surface area contributed by atoms with Crippen LogP contribution in [0, 0.1) is 35.5 Å². The van der Waals surface area contributed by atoms with Crippen LogP contribution in [0.4, 0.5) is 19.0 Å². The van der Waals surface area contributed by atoms with E-state index >= 15 is 0 Å². The first-order valence-corrected chi connectivity index (χ1v) is 10.2. The molecule has 3 heterocycles. The van der Waals surface area contributed by atoms with Crippen molar-refractivity contribution in [2.24, 2.45) is 0 Å². The summed E-state index contributed by atoms with van der Waals surface area (Å²) in [6.07, 6.45) is -0.822. The van der Waals surface area contributed by atoms with E-state index in [0.29, 0.717) is 42.1 Å². The fraction of sp³-hybridized carbons (Fsp3) is 0.455. The number of fused-ring (bicyclic) bond motifs is 1. The van der Waals surface area contributed by atoms with E-state index in [4.69, 9.17) is 10.00 Å². The smallest absolute Gasteiger partial charge is 0.255 e. The zero-order valence-corrected chi connectivity index (χ0v) is 17.5. The Kier molecular flexibility index (Phi) is 5.90. The fourth-order valence-electron chi connectivity index (χ4n) is 4.11. The number of alkyl halides is 2. The summed E-state index contributed by atoms with van der Waals surface area (Å²) in [7, 11) is 0. The number of aromatic nitrogens is 2. The molecule has 166 valence electrons. The van der Waals surface area contributed by atoms with Gasteiger partial charge in [0, 0.05) is 49.7 Å². The molecule has 10 heteroatoms. The lowest BCUT2D eigenvalue weighted by atomic mass is 9.91. The Morgan fingerprint density at radius 3 is 2.69 bits per heavy atom. The van der Waals surface area contributed by atoms with Crippen molar-refractivity contribution in [3.8, 4) is 18.0 Å². The molecule has 32 heavy (non-hydrogen) atoms. The third kappa shape index (κ3) is 4.46. The molecule has 0 radical (unpaired) electrons. The van der Waals surface area contributed by atoms with Gasteiger partial charge in [0.1, 0.15) is 24.5 Å². The molecule has 2 aromatic heterocycles. The second kappa shape index (κ2) is 8.64. The van der Waals surface area contributed by atoms with Crippen molar-refractivity contribution >= 4 is 5.82 Å². The Morgan fingerprint density at radius 2 is 2.03 bits per heavy atom. The minimum absolute atomic E-state index is 0.00272. The number of hydrogen-bond donors (Lipinski definition) is 1. The van der Waals surface area contributed by atoms with Gasteiger partial charge >= 0.3 is 0 Å². The maximum absolute atomic E-state index is 14.6. The highest BCUT2D eigenvalue weighted by molar-refractivity contribution is 5.58. The van der Waals surface area contributed by atoms with E-state index in [1.807, 2.05) is 11.0 Å². The maximum Gasteiger partial charge on any atom is 0.255 e. The Labute approximate surface area is 183 Å². The van der Waals surface area contributed by atoms with Gasteiger partial charge in [-0.05, 0) is 25.0 Å². The molecule has 0 amide bonds. The first kappa shape index (κ1) is 21.8. The molecule has 1 fully saturated rings. The standard InChI is InChI=1S/C22H21F3N6O/c1-13-17(10-27)16-4-7-31(12-18(16)21(29-13)28-6-5-26)11-14-2-3-19(30-20(14)23)32-15-8-22(24,25)9-15/h2-3,15H,4,6-9,11-12H2,1H3,(H,28,29). The number of aryl methyl sites for hydroxylation is 1. The number of hydrogen-bond acceptors (Lipinski definition) is 7. The van der Waals surface area contributed by atoms with Crippen molar-refractivity contribution in [3.63, 3.8) is 0 Å². The van der Waals surface area contributed by atoms with E-state index in [0.717, 1.165) is 11.1 Å². The van der Waals surface area contributed by atoms with E-state index in [1.54, 1.807) is 13.0 Å². The summed E-state index contributed by atoms with van der Waals surface area (Å²) in [5.74, 6) is -2.87. The van der Waals surface area contributed by atoms with Crippen LogP contribution >= 0.6 is 0 Å². The Balaban J connectivity index is 1.48. The highest BCUT2D eigenvalue weighted by Gasteiger charge is 2.47. The highest BCUT2D eigenvalue weighted by atomic mass is 19.3. The molecule has 1 saturated carbocycles. The summed E-state index contributed by atoms with van der Waals surface area (Å²) in [6.45, 7) is 3.15. The summed E-state index contributed by atoms with van der Waals surface area (Å²) in [5, 5.41) is 21.4. The van der Waals surface area contributed by atoms with Crippen molar-refractivity contribution in [1.82, 2.24) is 14.9 Å². The van der Waals surface area contributed by atoms with Gasteiger partial charge in [0.15, 0.2) is 0 Å². The quantitative estimate of drug-likeness (QED) is 0.540. The number of nitrogens with one attached hydrogen (secondary N) is 1. The van der Waals surface area contributed by atoms with Gasteiger partial charge in [-0.2, -0.15) is 19.9 Å². The molecular weight excluding hydrogens is 421 g/mol. The predicted molar refractivity (Wildman–Crippen MR) is 108 cm³/mol. The van der Waals surface area contributed by atoms with Crippen molar-refractivity contribution in [3.05, 3.63) is 46.0 Å². The molecule has 2 aliphatic rings. The molecule has 0 spiro atoms. The van der Waals surface area contributed by atoms with Crippen LogP contribution in [0.15, 0.2) is 12.1 Å². The van der Waals surface area contributed by atoms with E-state index in [9.17, 15) is 18.4 Å². The lowest BCUT2D eigenvalue weighted by Gasteiger charge is -2.34. The number of nitrogens with zero attached hydrogens (tertiary/aromatic N) is 5. The second-order valence-electron chi connectivity index (χ2n) is 8.07. The van der Waals surface area contributed by atoms with Crippen LogP contribution in [-0.2, 0) is 19.5 Å². The second-order valence-corrected chi connectivity index (χ2v) is 8.07. The van der Waals surface area contributed by atoms with Crippen molar-refractivity contribution in [1.29, 1.82) is 10.5 Å².